The van der Waals surface area contributed by atoms with Crippen molar-refractivity contribution in [3.63, 3.8) is 0 Å². The van der Waals surface area contributed by atoms with Gasteiger partial charge in [0.1, 0.15) is 10.7 Å². The highest BCUT2D eigenvalue weighted by atomic mass is 32.1. The zero-order chi connectivity index (χ0) is 15.4. The SMILES string of the molecule is COc1ccc(CCNC(=S)c2ccc3c(c2)OCO3)cc1. The monoisotopic (exact) mass is 315 g/mol. The highest BCUT2D eigenvalue weighted by Gasteiger charge is 2.14. The first kappa shape index (κ1) is 14.7. The summed E-state index contributed by atoms with van der Waals surface area (Å²) in [5.41, 5.74) is 2.18. The van der Waals surface area contributed by atoms with Crippen molar-refractivity contribution in [3.8, 4) is 17.2 Å². The van der Waals surface area contributed by atoms with E-state index in [0.717, 1.165) is 35.8 Å². The van der Waals surface area contributed by atoms with Crippen LogP contribution in [0.4, 0.5) is 0 Å². The summed E-state index contributed by atoms with van der Waals surface area (Å²) in [7, 11) is 1.67. The molecule has 0 spiro atoms. The van der Waals surface area contributed by atoms with Crippen LogP contribution in [0.15, 0.2) is 42.5 Å². The molecule has 4 nitrogen and oxygen atoms in total. The Bertz CT molecular complexity index is 670. The van der Waals surface area contributed by atoms with Crippen LogP contribution in [0, 0.1) is 0 Å². The fourth-order valence-electron chi connectivity index (χ4n) is 2.25. The van der Waals surface area contributed by atoms with Gasteiger partial charge in [-0.3, -0.25) is 0 Å². The second-order valence-electron chi connectivity index (χ2n) is 4.92. The number of nitrogens with one attached hydrogen (secondary N) is 1. The standard InChI is InChI=1S/C17H17NO3S/c1-19-14-5-2-12(3-6-14)8-9-18-17(22)13-4-7-15-16(10-13)21-11-20-15/h2-7,10H,8-9,11H2,1H3,(H,18,22). The molecule has 1 aliphatic rings. The van der Waals surface area contributed by atoms with E-state index < -0.39 is 0 Å². The fraction of sp³-hybridized carbons (Fsp3) is 0.235. The van der Waals surface area contributed by atoms with E-state index in [1.807, 2.05) is 30.3 Å². The van der Waals surface area contributed by atoms with Crippen molar-refractivity contribution < 1.29 is 14.2 Å². The molecule has 114 valence electrons. The smallest absolute Gasteiger partial charge is 0.231 e. The lowest BCUT2D eigenvalue weighted by atomic mass is 10.1. The van der Waals surface area contributed by atoms with Gasteiger partial charge in [0, 0.05) is 12.1 Å². The van der Waals surface area contributed by atoms with E-state index in [2.05, 4.69) is 17.4 Å². The predicted octanol–water partition coefficient (Wildman–Crippen LogP) is 2.93. The van der Waals surface area contributed by atoms with Crippen LogP contribution in [0.1, 0.15) is 11.1 Å². The van der Waals surface area contributed by atoms with Gasteiger partial charge in [-0.05, 0) is 42.3 Å². The largest absolute Gasteiger partial charge is 0.497 e. The summed E-state index contributed by atoms with van der Waals surface area (Å²) in [5, 5.41) is 3.27. The van der Waals surface area contributed by atoms with Gasteiger partial charge >= 0.3 is 0 Å². The first-order valence-electron chi connectivity index (χ1n) is 7.07. The maximum Gasteiger partial charge on any atom is 0.231 e. The first-order chi connectivity index (χ1) is 10.8. The minimum atomic E-state index is 0.274. The molecule has 0 bridgehead atoms. The maximum absolute atomic E-state index is 5.42. The maximum atomic E-state index is 5.42. The van der Waals surface area contributed by atoms with Crippen molar-refractivity contribution in [2.75, 3.05) is 20.4 Å². The van der Waals surface area contributed by atoms with Gasteiger partial charge in [-0.1, -0.05) is 24.4 Å². The minimum absolute atomic E-state index is 0.274. The van der Waals surface area contributed by atoms with Gasteiger partial charge in [-0.2, -0.15) is 0 Å². The average molecular weight is 315 g/mol. The highest BCUT2D eigenvalue weighted by Crippen LogP contribution is 2.32. The normalized spacial score (nSPS) is 12.0. The highest BCUT2D eigenvalue weighted by molar-refractivity contribution is 7.80. The molecule has 0 unspecified atom stereocenters. The minimum Gasteiger partial charge on any atom is -0.497 e. The molecular weight excluding hydrogens is 298 g/mol. The molecule has 2 aromatic rings. The molecule has 22 heavy (non-hydrogen) atoms. The van der Waals surface area contributed by atoms with Crippen LogP contribution in [-0.4, -0.2) is 25.4 Å². The van der Waals surface area contributed by atoms with Crippen LogP contribution in [0.3, 0.4) is 0 Å². The Morgan fingerprint density at radius 2 is 1.91 bits per heavy atom. The lowest BCUT2D eigenvalue weighted by Crippen LogP contribution is -2.24. The molecule has 0 fully saturated rings. The van der Waals surface area contributed by atoms with E-state index in [0.29, 0.717) is 4.99 Å². The second kappa shape index (κ2) is 6.66. The molecule has 0 aliphatic carbocycles. The van der Waals surface area contributed by atoms with Crippen molar-refractivity contribution in [1.82, 2.24) is 5.32 Å². The van der Waals surface area contributed by atoms with Gasteiger partial charge in [-0.15, -0.1) is 0 Å². The van der Waals surface area contributed by atoms with Crippen LogP contribution in [-0.2, 0) is 6.42 Å². The van der Waals surface area contributed by atoms with Gasteiger partial charge in [0.15, 0.2) is 11.5 Å². The van der Waals surface area contributed by atoms with Crippen LogP contribution in [0.5, 0.6) is 17.2 Å². The van der Waals surface area contributed by atoms with Gasteiger partial charge in [0.05, 0.1) is 7.11 Å². The first-order valence-corrected chi connectivity index (χ1v) is 7.48. The quantitative estimate of drug-likeness (QED) is 0.859. The van der Waals surface area contributed by atoms with Crippen molar-refractivity contribution >= 4 is 17.2 Å². The van der Waals surface area contributed by atoms with Crippen molar-refractivity contribution in [2.45, 2.75) is 6.42 Å². The Morgan fingerprint density at radius 1 is 1.14 bits per heavy atom. The molecule has 5 heteroatoms. The molecule has 0 aromatic heterocycles. The van der Waals surface area contributed by atoms with Crippen molar-refractivity contribution in [2.24, 2.45) is 0 Å². The van der Waals surface area contributed by atoms with Gasteiger partial charge in [-0.25, -0.2) is 0 Å². The van der Waals surface area contributed by atoms with E-state index in [4.69, 9.17) is 26.4 Å². The lowest BCUT2D eigenvalue weighted by molar-refractivity contribution is 0.174. The summed E-state index contributed by atoms with van der Waals surface area (Å²) in [4.78, 5) is 0.715. The number of thiocarbonyl (C=S) groups is 1. The molecular formula is C17H17NO3S. The summed E-state index contributed by atoms with van der Waals surface area (Å²) in [6.07, 6.45) is 0.898. The Morgan fingerprint density at radius 3 is 2.68 bits per heavy atom. The Labute approximate surface area is 135 Å². The Balaban J connectivity index is 1.53. The summed E-state index contributed by atoms with van der Waals surface area (Å²) >= 11 is 5.42. The third-order valence-electron chi connectivity index (χ3n) is 3.49. The van der Waals surface area contributed by atoms with Crippen LogP contribution in [0.25, 0.3) is 0 Å². The van der Waals surface area contributed by atoms with Crippen molar-refractivity contribution in [1.29, 1.82) is 0 Å². The lowest BCUT2D eigenvalue weighted by Gasteiger charge is -2.09. The molecule has 2 aromatic carbocycles. The van der Waals surface area contributed by atoms with Gasteiger partial charge in [0.2, 0.25) is 6.79 Å². The number of benzene rings is 2. The van der Waals surface area contributed by atoms with E-state index in [9.17, 15) is 0 Å². The third-order valence-corrected chi connectivity index (χ3v) is 3.87. The summed E-state index contributed by atoms with van der Waals surface area (Å²) in [6, 6.07) is 13.8. The Hall–Kier alpha value is -2.27. The van der Waals surface area contributed by atoms with E-state index in [1.165, 1.54) is 5.56 Å². The van der Waals surface area contributed by atoms with Gasteiger partial charge in [0.25, 0.3) is 0 Å². The number of rotatable bonds is 5. The van der Waals surface area contributed by atoms with Crippen molar-refractivity contribution in [3.05, 3.63) is 53.6 Å². The number of ether oxygens (including phenoxy) is 3. The fourth-order valence-corrected chi connectivity index (χ4v) is 2.48. The molecule has 3 rings (SSSR count). The summed E-state index contributed by atoms with van der Waals surface area (Å²) in [5.74, 6) is 2.38. The molecule has 0 radical (unpaired) electrons. The zero-order valence-electron chi connectivity index (χ0n) is 12.3. The summed E-state index contributed by atoms with van der Waals surface area (Å²) < 4.78 is 15.8. The molecule has 0 saturated carbocycles. The van der Waals surface area contributed by atoms with E-state index in [-0.39, 0.29) is 6.79 Å². The summed E-state index contributed by atoms with van der Waals surface area (Å²) in [6.45, 7) is 1.05. The topological polar surface area (TPSA) is 39.7 Å². The molecule has 0 amide bonds. The number of fused-ring (bicyclic) bond motifs is 1. The van der Waals surface area contributed by atoms with Crippen LogP contribution < -0.4 is 19.5 Å². The number of hydrogen-bond acceptors (Lipinski definition) is 4. The van der Waals surface area contributed by atoms with Gasteiger partial charge < -0.3 is 19.5 Å². The second-order valence-corrected chi connectivity index (χ2v) is 5.33. The molecule has 1 heterocycles. The van der Waals surface area contributed by atoms with Crippen LogP contribution in [0.2, 0.25) is 0 Å². The average Bonchev–Trinajstić information content (AvgIpc) is 3.03. The Kier molecular flexibility index (Phi) is 4.44. The van der Waals surface area contributed by atoms with E-state index in [1.54, 1.807) is 7.11 Å². The molecule has 1 N–H and O–H groups in total. The molecule has 1 aliphatic heterocycles. The molecule has 0 saturated heterocycles. The third kappa shape index (κ3) is 3.31. The molecule has 0 atom stereocenters. The zero-order valence-corrected chi connectivity index (χ0v) is 13.1. The number of methoxy groups -OCH3 is 1. The van der Waals surface area contributed by atoms with Crippen LogP contribution >= 0.6 is 12.2 Å². The predicted molar refractivity (Wildman–Crippen MR) is 89.0 cm³/mol. The van der Waals surface area contributed by atoms with E-state index >= 15 is 0 Å². The number of hydrogen-bond donors (Lipinski definition) is 1.